The molecule has 0 amide bonds. The van der Waals surface area contributed by atoms with E-state index in [2.05, 4.69) is 0 Å². The van der Waals surface area contributed by atoms with Crippen molar-refractivity contribution in [1.29, 1.82) is 0 Å². The van der Waals surface area contributed by atoms with Gasteiger partial charge in [0.1, 0.15) is 5.75 Å². The van der Waals surface area contributed by atoms with Gasteiger partial charge in [0.15, 0.2) is 0 Å². The number of hydrogen-bond donors (Lipinski definition) is 1. The predicted molar refractivity (Wildman–Crippen MR) is 80.7 cm³/mol. The van der Waals surface area contributed by atoms with Crippen molar-refractivity contribution < 1.29 is 18.3 Å². The van der Waals surface area contributed by atoms with E-state index < -0.39 is 10.0 Å². The van der Waals surface area contributed by atoms with Crippen molar-refractivity contribution >= 4 is 10.0 Å². The van der Waals surface area contributed by atoms with Gasteiger partial charge in [0.2, 0.25) is 10.0 Å². The predicted octanol–water partition coefficient (Wildman–Crippen LogP) is 2.00. The number of aliphatic hydroxyl groups excluding tert-OH is 1. The molecule has 118 valence electrons. The number of methoxy groups -OCH3 is 1. The maximum Gasteiger partial charge on any atom is 0.243 e. The Labute approximate surface area is 126 Å². The first kappa shape index (κ1) is 16.3. The monoisotopic (exact) mass is 313 g/mol. The topological polar surface area (TPSA) is 66.8 Å². The maximum absolute atomic E-state index is 12.7. The number of sulfonamides is 1. The summed E-state index contributed by atoms with van der Waals surface area (Å²) in [4.78, 5) is 0.216. The molecule has 1 aromatic carbocycles. The Kier molecular flexibility index (Phi) is 5.24. The third-order valence-corrected chi connectivity index (χ3v) is 6.04. The van der Waals surface area contributed by atoms with E-state index in [1.54, 1.807) is 6.07 Å². The lowest BCUT2D eigenvalue weighted by Gasteiger charge is -2.31. The molecule has 0 atom stereocenters. The van der Waals surface area contributed by atoms with Crippen molar-refractivity contribution in [2.75, 3.05) is 20.2 Å². The molecule has 1 aliphatic carbocycles. The molecular weight excluding hydrogens is 290 g/mol. The zero-order valence-corrected chi connectivity index (χ0v) is 13.4. The second-order valence-electron chi connectivity index (χ2n) is 5.38. The molecule has 2 rings (SSSR count). The van der Waals surface area contributed by atoms with E-state index in [1.807, 2.05) is 6.92 Å². The van der Waals surface area contributed by atoms with Gasteiger partial charge in [0.25, 0.3) is 0 Å². The van der Waals surface area contributed by atoms with Crippen LogP contribution in [0, 0.1) is 5.92 Å². The third kappa shape index (κ3) is 3.39. The van der Waals surface area contributed by atoms with E-state index in [4.69, 9.17) is 4.74 Å². The van der Waals surface area contributed by atoms with E-state index in [0.717, 1.165) is 12.8 Å². The average Bonchev–Trinajstić information content (AvgIpc) is 2.45. The van der Waals surface area contributed by atoms with Crippen molar-refractivity contribution in [3.05, 3.63) is 23.8 Å². The Hall–Kier alpha value is -1.11. The van der Waals surface area contributed by atoms with Gasteiger partial charge in [-0.2, -0.15) is 4.31 Å². The molecule has 1 aliphatic rings. The highest BCUT2D eigenvalue weighted by Crippen LogP contribution is 2.30. The van der Waals surface area contributed by atoms with Crippen LogP contribution in [0.4, 0.5) is 0 Å². The highest BCUT2D eigenvalue weighted by Gasteiger charge is 2.28. The van der Waals surface area contributed by atoms with Crippen LogP contribution in [0.15, 0.2) is 23.1 Å². The molecule has 0 heterocycles. The summed E-state index contributed by atoms with van der Waals surface area (Å²) in [5.74, 6) is 0.980. The van der Waals surface area contributed by atoms with Crippen molar-refractivity contribution in [3.63, 3.8) is 0 Å². The minimum Gasteiger partial charge on any atom is -0.496 e. The minimum absolute atomic E-state index is 0.216. The normalized spacial score (nSPS) is 16.0. The van der Waals surface area contributed by atoms with Crippen LogP contribution < -0.4 is 4.74 Å². The Morgan fingerprint density at radius 3 is 2.57 bits per heavy atom. The molecule has 0 aliphatic heterocycles. The van der Waals surface area contributed by atoms with Crippen molar-refractivity contribution in [2.24, 2.45) is 5.92 Å². The van der Waals surface area contributed by atoms with E-state index in [9.17, 15) is 13.5 Å². The van der Waals surface area contributed by atoms with Gasteiger partial charge in [-0.3, -0.25) is 0 Å². The van der Waals surface area contributed by atoms with Gasteiger partial charge in [0.05, 0.1) is 18.6 Å². The number of benzene rings is 1. The third-order valence-electron chi connectivity index (χ3n) is 4.10. The molecule has 21 heavy (non-hydrogen) atoms. The fourth-order valence-electron chi connectivity index (χ4n) is 2.55. The van der Waals surface area contributed by atoms with Gasteiger partial charge in [-0.25, -0.2) is 8.42 Å². The second kappa shape index (κ2) is 6.77. The zero-order chi connectivity index (χ0) is 15.5. The van der Waals surface area contributed by atoms with E-state index >= 15 is 0 Å². The van der Waals surface area contributed by atoms with E-state index in [0.29, 0.717) is 30.3 Å². The summed E-state index contributed by atoms with van der Waals surface area (Å²) in [7, 11) is -2.02. The molecule has 0 radical (unpaired) electrons. The summed E-state index contributed by atoms with van der Waals surface area (Å²) in [5, 5.41) is 9.34. The van der Waals surface area contributed by atoms with Crippen LogP contribution in [0.1, 0.15) is 31.7 Å². The molecule has 1 aromatic rings. The largest absolute Gasteiger partial charge is 0.496 e. The highest BCUT2D eigenvalue weighted by molar-refractivity contribution is 7.89. The quantitative estimate of drug-likeness (QED) is 0.836. The lowest BCUT2D eigenvalue weighted by molar-refractivity contribution is 0.250. The minimum atomic E-state index is -3.51. The summed E-state index contributed by atoms with van der Waals surface area (Å²) in [6.45, 7) is 2.65. The smallest absolute Gasteiger partial charge is 0.243 e. The van der Waals surface area contributed by atoms with Gasteiger partial charge in [-0.1, -0.05) is 13.3 Å². The lowest BCUT2D eigenvalue weighted by atomic mass is 9.85. The first-order chi connectivity index (χ1) is 10.0. The molecular formula is C15H23NO4S. The molecule has 0 spiro atoms. The summed E-state index contributed by atoms with van der Waals surface area (Å²) in [6.07, 6.45) is 3.41. The number of aliphatic hydroxyl groups is 1. The number of hydrogen-bond acceptors (Lipinski definition) is 4. The van der Waals surface area contributed by atoms with Gasteiger partial charge in [-0.05, 0) is 37.0 Å². The fraction of sp³-hybridized carbons (Fsp3) is 0.600. The van der Waals surface area contributed by atoms with Gasteiger partial charge < -0.3 is 9.84 Å². The Morgan fingerprint density at radius 2 is 2.10 bits per heavy atom. The van der Waals surface area contributed by atoms with Gasteiger partial charge in [-0.15, -0.1) is 0 Å². The molecule has 0 aromatic heterocycles. The Balaban J connectivity index is 2.28. The highest BCUT2D eigenvalue weighted by atomic mass is 32.2. The van der Waals surface area contributed by atoms with Crippen LogP contribution in [0.3, 0.4) is 0 Å². The fourth-order valence-corrected chi connectivity index (χ4v) is 4.12. The van der Waals surface area contributed by atoms with Crippen LogP contribution in [0.25, 0.3) is 0 Å². The first-order valence-corrected chi connectivity index (χ1v) is 8.74. The van der Waals surface area contributed by atoms with E-state index in [1.165, 1.54) is 30.0 Å². The van der Waals surface area contributed by atoms with Crippen LogP contribution in [-0.4, -0.2) is 38.0 Å². The Morgan fingerprint density at radius 1 is 1.38 bits per heavy atom. The first-order valence-electron chi connectivity index (χ1n) is 7.30. The average molecular weight is 313 g/mol. The summed E-state index contributed by atoms with van der Waals surface area (Å²) < 4.78 is 32.1. The number of ether oxygens (including phenoxy) is 1. The number of rotatable bonds is 7. The standard InChI is InChI=1S/C15H23NO4S/c1-3-16(10-12-5-4-6-12)21(18,19)14-7-8-15(20-2)13(9-14)11-17/h7-9,12,17H,3-6,10-11H2,1-2H3. The molecule has 1 saturated carbocycles. The summed E-state index contributed by atoms with van der Waals surface area (Å²) in [5.41, 5.74) is 0.485. The molecule has 5 nitrogen and oxygen atoms in total. The number of nitrogens with zero attached hydrogens (tertiary/aromatic N) is 1. The molecule has 1 fully saturated rings. The molecule has 0 unspecified atom stereocenters. The van der Waals surface area contributed by atoms with Crippen LogP contribution >= 0.6 is 0 Å². The summed E-state index contributed by atoms with van der Waals surface area (Å²) >= 11 is 0. The van der Waals surface area contributed by atoms with Crippen LogP contribution in [-0.2, 0) is 16.6 Å². The van der Waals surface area contributed by atoms with Gasteiger partial charge in [0, 0.05) is 18.7 Å². The lowest BCUT2D eigenvalue weighted by Crippen LogP contribution is -2.37. The SMILES string of the molecule is CCN(CC1CCC1)S(=O)(=O)c1ccc(OC)c(CO)c1. The summed E-state index contributed by atoms with van der Waals surface area (Å²) in [6, 6.07) is 4.63. The van der Waals surface area contributed by atoms with Crippen LogP contribution in [0.5, 0.6) is 5.75 Å². The maximum atomic E-state index is 12.7. The molecule has 6 heteroatoms. The van der Waals surface area contributed by atoms with Crippen LogP contribution in [0.2, 0.25) is 0 Å². The van der Waals surface area contributed by atoms with Crippen molar-refractivity contribution in [1.82, 2.24) is 4.31 Å². The van der Waals surface area contributed by atoms with Gasteiger partial charge >= 0.3 is 0 Å². The van der Waals surface area contributed by atoms with Crippen molar-refractivity contribution in [2.45, 2.75) is 37.7 Å². The van der Waals surface area contributed by atoms with E-state index in [-0.39, 0.29) is 11.5 Å². The second-order valence-corrected chi connectivity index (χ2v) is 7.32. The zero-order valence-electron chi connectivity index (χ0n) is 12.6. The molecule has 0 bridgehead atoms. The Bertz CT molecular complexity index is 581. The molecule has 1 N–H and O–H groups in total. The molecule has 0 saturated heterocycles. The van der Waals surface area contributed by atoms with Crippen molar-refractivity contribution in [3.8, 4) is 5.75 Å².